The van der Waals surface area contributed by atoms with Gasteiger partial charge in [-0.15, -0.1) is 11.3 Å². The average molecular weight is 733 g/mol. The minimum Gasteiger partial charge on any atom is -0.487 e. The van der Waals surface area contributed by atoms with E-state index in [4.69, 9.17) is 14.2 Å². The number of rotatable bonds is 12. The lowest BCUT2D eigenvalue weighted by molar-refractivity contribution is -0.376. The number of aromatic nitrogens is 2. The number of hydrogen-bond donors (Lipinski definition) is 5. The Morgan fingerprint density at radius 1 is 0.878 bits per heavy atom. The molecule has 1 aliphatic carbocycles. The summed E-state index contributed by atoms with van der Waals surface area (Å²) in [6.45, 7) is -3.95. The molecule has 49 heavy (non-hydrogen) atoms. The van der Waals surface area contributed by atoms with Crippen LogP contribution in [0.2, 0.25) is 0 Å². The van der Waals surface area contributed by atoms with Crippen LogP contribution >= 0.6 is 11.3 Å². The van der Waals surface area contributed by atoms with E-state index in [2.05, 4.69) is 14.7 Å². The van der Waals surface area contributed by atoms with Gasteiger partial charge in [0.15, 0.2) is 11.5 Å². The van der Waals surface area contributed by atoms with Crippen molar-refractivity contribution in [3.8, 4) is 17.4 Å². The monoisotopic (exact) mass is 732 g/mol. The number of alkyl halides is 8. The smallest absolute Gasteiger partial charge is 0.433 e. The molecule has 0 spiro atoms. The van der Waals surface area contributed by atoms with Crippen LogP contribution in [0.5, 0.6) is 17.4 Å². The molecule has 0 amide bonds. The predicted octanol–water partition coefficient (Wildman–Crippen LogP) is 3.55. The van der Waals surface area contributed by atoms with Gasteiger partial charge in [0.2, 0.25) is 12.2 Å². The molecular weight excluding hydrogens is 704 g/mol. The van der Waals surface area contributed by atoms with Crippen LogP contribution in [-0.4, -0.2) is 97.9 Å². The van der Waals surface area contributed by atoms with Gasteiger partial charge in [-0.2, -0.15) is 35.1 Å². The summed E-state index contributed by atoms with van der Waals surface area (Å²) < 4.78 is 129. The fraction of sp³-hybridized carbons (Fsp3) is 0.517. The molecule has 11 nitrogen and oxygen atoms in total. The number of pyridine rings is 1. The van der Waals surface area contributed by atoms with Gasteiger partial charge in [0.1, 0.15) is 29.4 Å². The first kappa shape index (κ1) is 36.9. The molecular formula is C29H28F8N2O9S. The van der Waals surface area contributed by atoms with Crippen LogP contribution in [0.25, 0.3) is 0 Å². The lowest BCUT2D eigenvalue weighted by atomic mass is 9.91. The fourth-order valence-corrected chi connectivity index (χ4v) is 6.09. The van der Waals surface area contributed by atoms with E-state index in [1.165, 1.54) is 30.5 Å². The Labute approximate surface area is 275 Å². The van der Waals surface area contributed by atoms with Crippen molar-refractivity contribution in [3.63, 3.8) is 0 Å². The molecule has 1 saturated heterocycles. The minimum atomic E-state index is -6.18. The van der Waals surface area contributed by atoms with Crippen LogP contribution in [0.3, 0.4) is 0 Å². The second-order valence-electron chi connectivity index (χ2n) is 11.3. The lowest BCUT2D eigenvalue weighted by Crippen LogP contribution is -2.60. The third-order valence-electron chi connectivity index (χ3n) is 7.72. The molecule has 0 bridgehead atoms. The highest BCUT2D eigenvalue weighted by atomic mass is 32.1. The molecule has 270 valence electrons. The van der Waals surface area contributed by atoms with Gasteiger partial charge in [-0.3, -0.25) is 0 Å². The van der Waals surface area contributed by atoms with Crippen molar-refractivity contribution < 1.29 is 79.6 Å². The van der Waals surface area contributed by atoms with Crippen molar-refractivity contribution in [2.45, 2.75) is 86.6 Å². The van der Waals surface area contributed by atoms with Crippen molar-refractivity contribution >= 4 is 11.3 Å². The highest BCUT2D eigenvalue weighted by Crippen LogP contribution is 2.52. The van der Waals surface area contributed by atoms with Crippen LogP contribution in [0.15, 0.2) is 42.7 Å². The molecule has 1 aromatic carbocycles. The second kappa shape index (κ2) is 14.1. The Kier molecular flexibility index (Phi) is 10.6. The maximum Gasteiger partial charge on any atom is 0.433 e. The predicted molar refractivity (Wildman–Crippen MR) is 149 cm³/mol. The van der Waals surface area contributed by atoms with E-state index in [-0.39, 0.29) is 51.7 Å². The second-order valence-corrected chi connectivity index (χ2v) is 12.3. The van der Waals surface area contributed by atoms with Crippen molar-refractivity contribution in [1.82, 2.24) is 9.97 Å². The van der Waals surface area contributed by atoms with Crippen LogP contribution in [0.1, 0.15) is 39.8 Å². The van der Waals surface area contributed by atoms with E-state index in [1.54, 1.807) is 0 Å². The third kappa shape index (κ3) is 7.84. The molecule has 1 unspecified atom stereocenters. The van der Waals surface area contributed by atoms with E-state index in [0.717, 1.165) is 12.3 Å². The summed E-state index contributed by atoms with van der Waals surface area (Å²) in [5.41, 5.74) is -4.77. The molecule has 2 aromatic heterocycles. The van der Waals surface area contributed by atoms with E-state index >= 15 is 0 Å². The fourth-order valence-electron chi connectivity index (χ4n) is 4.91. The first-order chi connectivity index (χ1) is 22.9. The molecule has 5 N–H and O–H groups in total. The number of hydrogen-bond acceptors (Lipinski definition) is 12. The molecule has 2 fully saturated rings. The Balaban J connectivity index is 1.48. The zero-order chi connectivity index (χ0) is 35.9. The number of halogens is 8. The van der Waals surface area contributed by atoms with Crippen LogP contribution < -0.4 is 14.2 Å². The zero-order valence-electron chi connectivity index (χ0n) is 24.7. The maximum absolute atomic E-state index is 13.6. The normalized spacial score (nSPS) is 24.2. The van der Waals surface area contributed by atoms with Gasteiger partial charge >= 0.3 is 24.6 Å². The molecule has 1 aliphatic heterocycles. The number of aliphatic hydroxyl groups excluding tert-OH is 4. The van der Waals surface area contributed by atoms with Crippen molar-refractivity contribution in [1.29, 1.82) is 0 Å². The van der Waals surface area contributed by atoms with Gasteiger partial charge in [-0.25, -0.2) is 9.97 Å². The third-order valence-corrected chi connectivity index (χ3v) is 8.94. The highest BCUT2D eigenvalue weighted by molar-refractivity contribution is 7.11. The number of aliphatic hydroxyl groups is 5. The minimum absolute atomic E-state index is 0.0551. The number of thiazole rings is 1. The van der Waals surface area contributed by atoms with Crippen LogP contribution in [-0.2, 0) is 16.8 Å². The zero-order valence-corrected chi connectivity index (χ0v) is 25.5. The van der Waals surface area contributed by atoms with Gasteiger partial charge in [0, 0.05) is 29.3 Å². The lowest BCUT2D eigenvalue weighted by Gasteiger charge is -2.39. The topological polar surface area (TPSA) is 164 Å². The Bertz CT molecular complexity index is 1560. The van der Waals surface area contributed by atoms with E-state index in [0.29, 0.717) is 18.4 Å². The van der Waals surface area contributed by atoms with E-state index in [9.17, 15) is 60.7 Å². The van der Waals surface area contributed by atoms with Gasteiger partial charge in [-0.1, -0.05) is 12.1 Å². The highest BCUT2D eigenvalue weighted by Gasteiger charge is 2.73. The molecule has 5 rings (SSSR count). The number of benzene rings is 1. The Morgan fingerprint density at radius 3 is 2.14 bits per heavy atom. The quantitative estimate of drug-likeness (QED) is 0.173. The first-order valence-electron chi connectivity index (χ1n) is 14.4. The van der Waals surface area contributed by atoms with Crippen molar-refractivity contribution in [3.05, 3.63) is 63.7 Å². The van der Waals surface area contributed by atoms with E-state index < -0.39 is 72.8 Å². The van der Waals surface area contributed by atoms with Crippen molar-refractivity contribution in [2.24, 2.45) is 0 Å². The molecule has 6 atom stereocenters. The SMILES string of the molecule is OC[C@H]1O[C@@H](Oc2ccc(CC(c3ccc(OC(F)F)c(OC4CC4)c3)c3cnc(C(O)(C(F)(F)F)C(F)(F)F)s3)cn2)[C@H](O)[C@@H](O)[C@@H]1O. The molecule has 2 aliphatic rings. The Morgan fingerprint density at radius 2 is 1.57 bits per heavy atom. The molecule has 3 aromatic rings. The molecule has 3 heterocycles. The summed E-state index contributed by atoms with van der Waals surface area (Å²) in [7, 11) is 0. The number of nitrogens with zero attached hydrogens (tertiary/aromatic N) is 2. The summed E-state index contributed by atoms with van der Waals surface area (Å²) >= 11 is -0.0551. The summed E-state index contributed by atoms with van der Waals surface area (Å²) in [5, 5.41) is 47.8. The first-order valence-corrected chi connectivity index (χ1v) is 15.2. The van der Waals surface area contributed by atoms with Gasteiger partial charge in [-0.05, 0) is 42.5 Å². The van der Waals surface area contributed by atoms with E-state index in [1.807, 2.05) is 0 Å². The number of ether oxygens (including phenoxy) is 4. The van der Waals surface area contributed by atoms with Crippen LogP contribution in [0.4, 0.5) is 35.1 Å². The summed E-state index contributed by atoms with van der Waals surface area (Å²) in [5.74, 6) is -1.77. The van der Waals surface area contributed by atoms with Gasteiger partial charge in [0.25, 0.3) is 0 Å². The standard InChI is InChI=1S/C29H28F8N2O9S/c30-26(31)47-16-5-2-13(8-17(16)45-14-3-4-14)15(19-10-39-25(49-19)27(44,28(32,33)34)29(35,36)37)7-12-1-6-20(38-9-12)48-24-23(43)22(42)21(41)18(11-40)46-24/h1-2,5-6,8-10,14-15,18,21-24,26,40-44H,3-4,7,11H2/t15?,18-,21-,22+,23-,24+/m1/s1. The Hall–Kier alpha value is -3.40. The molecule has 20 heteroatoms. The van der Waals surface area contributed by atoms with Gasteiger partial charge in [0.05, 0.1) is 12.7 Å². The summed E-state index contributed by atoms with van der Waals surface area (Å²) in [6, 6.07) is 6.32. The maximum atomic E-state index is 13.6. The summed E-state index contributed by atoms with van der Waals surface area (Å²) in [4.78, 5) is 7.19. The molecule has 0 radical (unpaired) electrons. The van der Waals surface area contributed by atoms with Crippen LogP contribution in [0, 0.1) is 0 Å². The molecule has 1 saturated carbocycles. The van der Waals surface area contributed by atoms with Gasteiger partial charge < -0.3 is 44.5 Å². The summed E-state index contributed by atoms with van der Waals surface area (Å²) in [6.07, 6.45) is -17.7. The average Bonchev–Trinajstić information content (AvgIpc) is 3.71. The largest absolute Gasteiger partial charge is 0.487 e. The van der Waals surface area contributed by atoms with Crippen molar-refractivity contribution in [2.75, 3.05) is 6.61 Å².